The average Bonchev–Trinajstić information content (AvgIpc) is 3.05. The van der Waals surface area contributed by atoms with E-state index < -0.39 is 5.60 Å². The van der Waals surface area contributed by atoms with Crippen LogP contribution in [0.5, 0.6) is 0 Å². The highest BCUT2D eigenvalue weighted by atomic mass is 16.3. The Morgan fingerprint density at radius 3 is 2.80 bits per heavy atom. The highest BCUT2D eigenvalue weighted by Gasteiger charge is 2.24. The molecule has 1 atom stereocenters. The second kappa shape index (κ2) is 6.91. The summed E-state index contributed by atoms with van der Waals surface area (Å²) < 4.78 is 1.62. The van der Waals surface area contributed by atoms with Crippen molar-refractivity contribution in [3.63, 3.8) is 0 Å². The fraction of sp³-hybridized carbons (Fsp3) is 0.200. The Balaban J connectivity index is 1.67. The Kier molecular flexibility index (Phi) is 4.67. The molecule has 1 unspecified atom stereocenters. The zero-order valence-electron chi connectivity index (χ0n) is 14.3. The molecule has 25 heavy (non-hydrogen) atoms. The lowest BCUT2D eigenvalue weighted by molar-refractivity contribution is -0.117. The molecule has 1 aromatic heterocycles. The number of carbonyl (C=O) groups is 1. The van der Waals surface area contributed by atoms with Crippen LogP contribution in [0.1, 0.15) is 18.1 Å². The Morgan fingerprint density at radius 1 is 1.28 bits per heavy atom. The molecule has 3 aromatic rings. The van der Waals surface area contributed by atoms with Crippen molar-refractivity contribution in [2.75, 3.05) is 6.54 Å². The molecule has 3 rings (SSSR count). The van der Waals surface area contributed by atoms with Gasteiger partial charge in [0.1, 0.15) is 5.60 Å². The summed E-state index contributed by atoms with van der Waals surface area (Å²) in [6.45, 7) is 1.76. The molecule has 1 heterocycles. The predicted molar refractivity (Wildman–Crippen MR) is 98.8 cm³/mol. The van der Waals surface area contributed by atoms with E-state index in [0.717, 1.165) is 16.3 Å². The number of nitrogens with zero attached hydrogens (tertiary/aromatic N) is 2. The Labute approximate surface area is 146 Å². The van der Waals surface area contributed by atoms with Crippen LogP contribution < -0.4 is 5.32 Å². The zero-order valence-corrected chi connectivity index (χ0v) is 14.3. The van der Waals surface area contributed by atoms with E-state index in [2.05, 4.69) is 10.4 Å². The number of rotatable bonds is 5. The molecule has 2 aromatic carbocycles. The van der Waals surface area contributed by atoms with Gasteiger partial charge in [0.25, 0.3) is 0 Å². The minimum atomic E-state index is -1.17. The van der Waals surface area contributed by atoms with Gasteiger partial charge in [-0.15, -0.1) is 0 Å². The van der Waals surface area contributed by atoms with Gasteiger partial charge in [-0.05, 0) is 29.3 Å². The normalized spacial score (nSPS) is 13.9. The first kappa shape index (κ1) is 16.9. The smallest absolute Gasteiger partial charge is 0.244 e. The third kappa shape index (κ3) is 3.95. The van der Waals surface area contributed by atoms with E-state index in [9.17, 15) is 9.90 Å². The van der Waals surface area contributed by atoms with Crippen molar-refractivity contribution in [2.24, 2.45) is 7.05 Å². The number of fused-ring (bicyclic) bond motifs is 1. The van der Waals surface area contributed by atoms with Crippen LogP contribution in [0.25, 0.3) is 16.8 Å². The lowest BCUT2D eigenvalue weighted by atomic mass is 10.00. The lowest BCUT2D eigenvalue weighted by Crippen LogP contribution is -2.37. The third-order valence-corrected chi connectivity index (χ3v) is 4.17. The molecule has 0 aliphatic rings. The number of nitrogens with one attached hydrogen (secondary N) is 1. The van der Waals surface area contributed by atoms with Gasteiger partial charge in [0, 0.05) is 24.9 Å². The Hall–Kier alpha value is -2.92. The van der Waals surface area contributed by atoms with Gasteiger partial charge in [-0.3, -0.25) is 9.48 Å². The first-order chi connectivity index (χ1) is 12.0. The first-order valence-corrected chi connectivity index (χ1v) is 8.11. The topological polar surface area (TPSA) is 67.2 Å². The van der Waals surface area contributed by atoms with Crippen molar-refractivity contribution in [3.05, 3.63) is 72.1 Å². The number of amides is 1. The van der Waals surface area contributed by atoms with Crippen LogP contribution in [0.4, 0.5) is 0 Å². The van der Waals surface area contributed by atoms with Crippen LogP contribution in [-0.2, 0) is 17.4 Å². The number of carbonyl (C=O) groups excluding carboxylic acids is 1. The summed E-state index contributed by atoms with van der Waals surface area (Å²) in [6, 6.07) is 14.0. The van der Waals surface area contributed by atoms with E-state index in [4.69, 9.17) is 0 Å². The van der Waals surface area contributed by atoms with Crippen molar-refractivity contribution in [1.29, 1.82) is 0 Å². The second-order valence-electron chi connectivity index (χ2n) is 6.30. The maximum atomic E-state index is 12.1. The largest absolute Gasteiger partial charge is 0.383 e. The van der Waals surface area contributed by atoms with Crippen LogP contribution in [0.2, 0.25) is 0 Å². The molecule has 1 amide bonds. The number of aliphatic hydroxyl groups is 1. The maximum absolute atomic E-state index is 12.1. The van der Waals surface area contributed by atoms with Crippen LogP contribution in [-0.4, -0.2) is 27.3 Å². The minimum Gasteiger partial charge on any atom is -0.383 e. The summed E-state index contributed by atoms with van der Waals surface area (Å²) in [6.07, 6.45) is 6.60. The lowest BCUT2D eigenvalue weighted by Gasteiger charge is -2.21. The fourth-order valence-corrected chi connectivity index (χ4v) is 2.68. The standard InChI is InChI=1S/C20H21N3O2/c1-20(25,17-12-22-23(2)13-17)14-21-19(24)11-10-16-8-5-7-15-6-3-4-9-18(15)16/h3-13,25H,14H2,1-2H3,(H,21,24). The fourth-order valence-electron chi connectivity index (χ4n) is 2.68. The summed E-state index contributed by atoms with van der Waals surface area (Å²) in [5, 5.41) is 19.5. The minimum absolute atomic E-state index is 0.109. The molecule has 5 heteroatoms. The second-order valence-corrected chi connectivity index (χ2v) is 6.30. The number of benzene rings is 2. The molecule has 0 aliphatic heterocycles. The molecule has 5 nitrogen and oxygen atoms in total. The Bertz CT molecular complexity index is 920. The van der Waals surface area contributed by atoms with Gasteiger partial charge < -0.3 is 10.4 Å². The third-order valence-electron chi connectivity index (χ3n) is 4.17. The van der Waals surface area contributed by atoms with E-state index >= 15 is 0 Å². The van der Waals surface area contributed by atoms with Gasteiger partial charge in [0.05, 0.1) is 12.7 Å². The maximum Gasteiger partial charge on any atom is 0.244 e. The summed E-state index contributed by atoms with van der Waals surface area (Å²) >= 11 is 0. The van der Waals surface area contributed by atoms with Crippen LogP contribution in [0.15, 0.2) is 60.9 Å². The van der Waals surface area contributed by atoms with Crippen molar-refractivity contribution in [1.82, 2.24) is 15.1 Å². The first-order valence-electron chi connectivity index (χ1n) is 8.11. The summed E-state index contributed by atoms with van der Waals surface area (Å²) in [5.74, 6) is -0.253. The molecule has 0 spiro atoms. The molecular formula is C20H21N3O2. The zero-order chi connectivity index (χ0) is 17.9. The molecule has 0 saturated carbocycles. The van der Waals surface area contributed by atoms with E-state index in [0.29, 0.717) is 5.56 Å². The van der Waals surface area contributed by atoms with Gasteiger partial charge >= 0.3 is 0 Å². The summed E-state index contributed by atoms with van der Waals surface area (Å²) in [7, 11) is 1.78. The molecule has 2 N–H and O–H groups in total. The molecular weight excluding hydrogens is 314 g/mol. The Morgan fingerprint density at radius 2 is 2.04 bits per heavy atom. The van der Waals surface area contributed by atoms with Crippen LogP contribution in [0.3, 0.4) is 0 Å². The van der Waals surface area contributed by atoms with Crippen LogP contribution >= 0.6 is 0 Å². The molecule has 0 bridgehead atoms. The predicted octanol–water partition coefficient (Wildman–Crippen LogP) is 2.61. The van der Waals surface area contributed by atoms with E-state index in [1.807, 2.05) is 42.5 Å². The number of aromatic nitrogens is 2. The van der Waals surface area contributed by atoms with E-state index in [1.165, 1.54) is 6.08 Å². The highest BCUT2D eigenvalue weighted by molar-refractivity contribution is 5.96. The van der Waals surface area contributed by atoms with Gasteiger partial charge in [0.15, 0.2) is 0 Å². The SMILES string of the molecule is Cn1cc(C(C)(O)CNC(=O)C=Cc2cccc3ccccc23)cn1. The summed E-state index contributed by atoms with van der Waals surface area (Å²) in [5.41, 5.74) is 0.470. The number of hydrogen-bond donors (Lipinski definition) is 2. The highest BCUT2D eigenvalue weighted by Crippen LogP contribution is 2.20. The number of hydrogen-bond acceptors (Lipinski definition) is 3. The molecule has 0 saturated heterocycles. The van der Waals surface area contributed by atoms with Crippen molar-refractivity contribution >= 4 is 22.8 Å². The number of aryl methyl sites for hydroxylation is 1. The molecule has 0 radical (unpaired) electrons. The van der Waals surface area contributed by atoms with Gasteiger partial charge in [0.2, 0.25) is 5.91 Å². The van der Waals surface area contributed by atoms with Gasteiger partial charge in [-0.25, -0.2) is 0 Å². The monoisotopic (exact) mass is 335 g/mol. The van der Waals surface area contributed by atoms with Crippen LogP contribution in [0, 0.1) is 0 Å². The van der Waals surface area contributed by atoms with Crippen molar-refractivity contribution in [2.45, 2.75) is 12.5 Å². The van der Waals surface area contributed by atoms with Crippen molar-refractivity contribution < 1.29 is 9.90 Å². The summed E-state index contributed by atoms with van der Waals surface area (Å²) in [4.78, 5) is 12.1. The van der Waals surface area contributed by atoms with E-state index in [1.54, 1.807) is 37.1 Å². The molecule has 128 valence electrons. The van der Waals surface area contributed by atoms with Crippen molar-refractivity contribution in [3.8, 4) is 0 Å². The quantitative estimate of drug-likeness (QED) is 0.704. The van der Waals surface area contributed by atoms with E-state index in [-0.39, 0.29) is 12.5 Å². The molecule has 0 aliphatic carbocycles. The average molecular weight is 335 g/mol. The molecule has 0 fully saturated rings. The van der Waals surface area contributed by atoms with Gasteiger partial charge in [-0.2, -0.15) is 5.10 Å². The van der Waals surface area contributed by atoms with Gasteiger partial charge in [-0.1, -0.05) is 42.5 Å².